The number of hydrogen-bond donors (Lipinski definition) is 2. The highest BCUT2D eigenvalue weighted by molar-refractivity contribution is 7.91. The maximum atomic E-state index is 11.8. The van der Waals surface area contributed by atoms with E-state index in [0.717, 1.165) is 32.1 Å². The molecule has 3 rings (SSSR count). The van der Waals surface area contributed by atoms with E-state index >= 15 is 0 Å². The van der Waals surface area contributed by atoms with Crippen LogP contribution in [-0.4, -0.2) is 48.1 Å². The monoisotopic (exact) mass is 338 g/mol. The number of carbonyl (C=O) groups excluding carboxylic acids is 1. The number of anilines is 1. The first-order valence-corrected chi connectivity index (χ1v) is 9.97. The van der Waals surface area contributed by atoms with Gasteiger partial charge in [0.25, 0.3) is 5.91 Å². The average molecular weight is 338 g/mol. The highest BCUT2D eigenvalue weighted by atomic mass is 32.2. The molecule has 1 heterocycles. The zero-order valence-electron chi connectivity index (χ0n) is 13.2. The summed E-state index contributed by atoms with van der Waals surface area (Å²) in [7, 11) is -3.00. The maximum absolute atomic E-state index is 11.8. The molecular formula is C15H22N4O3S. The molecule has 0 spiro atoms. The number of sulfone groups is 1. The lowest BCUT2D eigenvalue weighted by atomic mass is 9.95. The van der Waals surface area contributed by atoms with Gasteiger partial charge in [-0.15, -0.1) is 10.2 Å². The molecule has 2 fully saturated rings. The zero-order chi connectivity index (χ0) is 16.4. The number of hydrogen-bond acceptors (Lipinski definition) is 6. The van der Waals surface area contributed by atoms with Crippen molar-refractivity contribution in [1.82, 2.24) is 15.5 Å². The molecule has 2 atom stereocenters. The van der Waals surface area contributed by atoms with E-state index < -0.39 is 9.84 Å². The minimum atomic E-state index is -3.00. The van der Waals surface area contributed by atoms with Gasteiger partial charge in [0, 0.05) is 18.3 Å². The van der Waals surface area contributed by atoms with Crippen LogP contribution in [0.5, 0.6) is 0 Å². The van der Waals surface area contributed by atoms with Crippen LogP contribution in [0.2, 0.25) is 0 Å². The fourth-order valence-electron chi connectivity index (χ4n) is 2.89. The highest BCUT2D eigenvalue weighted by Gasteiger charge is 2.29. The van der Waals surface area contributed by atoms with Crippen LogP contribution in [0, 0.1) is 0 Å². The van der Waals surface area contributed by atoms with Crippen molar-refractivity contribution in [3.8, 4) is 0 Å². The van der Waals surface area contributed by atoms with Crippen molar-refractivity contribution in [3.63, 3.8) is 0 Å². The molecule has 1 aromatic rings. The number of rotatable bonds is 5. The van der Waals surface area contributed by atoms with Gasteiger partial charge in [0.2, 0.25) is 0 Å². The Morgan fingerprint density at radius 2 is 1.91 bits per heavy atom. The van der Waals surface area contributed by atoms with E-state index in [2.05, 4.69) is 20.8 Å². The van der Waals surface area contributed by atoms with Gasteiger partial charge in [-0.2, -0.15) is 0 Å². The standard InChI is InChI=1S/C15H22N4O3S/c1-23(21,22)12-4-2-3-11(9-12)16-14-8-7-13(18-19-14)15(20)17-10-5-6-10/h7-8,10-12H,2-6,9H2,1H3,(H,16,19)(H,17,20)/t11-,12-/m1/s1. The third kappa shape index (κ3) is 4.40. The summed E-state index contributed by atoms with van der Waals surface area (Å²) in [5.41, 5.74) is 0.306. The van der Waals surface area contributed by atoms with Crippen molar-refractivity contribution >= 4 is 21.6 Å². The van der Waals surface area contributed by atoms with E-state index in [1.165, 1.54) is 6.26 Å². The molecule has 8 heteroatoms. The lowest BCUT2D eigenvalue weighted by Crippen LogP contribution is -2.34. The smallest absolute Gasteiger partial charge is 0.272 e. The number of nitrogens with one attached hydrogen (secondary N) is 2. The first-order valence-electron chi connectivity index (χ1n) is 8.02. The largest absolute Gasteiger partial charge is 0.366 e. The highest BCUT2D eigenvalue weighted by Crippen LogP contribution is 2.26. The number of nitrogens with zero attached hydrogens (tertiary/aromatic N) is 2. The summed E-state index contributed by atoms with van der Waals surface area (Å²) in [5, 5.41) is 13.8. The molecule has 2 aliphatic carbocycles. The van der Waals surface area contributed by atoms with Crippen LogP contribution in [0.4, 0.5) is 5.82 Å². The molecule has 2 N–H and O–H groups in total. The fourth-order valence-corrected chi connectivity index (χ4v) is 4.07. The zero-order valence-corrected chi connectivity index (χ0v) is 14.0. The number of aromatic nitrogens is 2. The molecule has 0 saturated heterocycles. The Bertz CT molecular complexity index is 670. The van der Waals surface area contributed by atoms with Gasteiger partial charge >= 0.3 is 0 Å². The van der Waals surface area contributed by atoms with E-state index in [1.807, 2.05) is 0 Å². The summed E-state index contributed by atoms with van der Waals surface area (Å²) in [6.07, 6.45) is 6.47. The van der Waals surface area contributed by atoms with Gasteiger partial charge in [-0.1, -0.05) is 6.42 Å². The Kier molecular flexibility index (Phi) is 4.52. The quantitative estimate of drug-likeness (QED) is 0.835. The summed E-state index contributed by atoms with van der Waals surface area (Å²) >= 11 is 0. The summed E-state index contributed by atoms with van der Waals surface area (Å²) < 4.78 is 23.4. The third-order valence-electron chi connectivity index (χ3n) is 4.39. The molecular weight excluding hydrogens is 316 g/mol. The predicted octanol–water partition coefficient (Wildman–Crippen LogP) is 1.14. The normalized spacial score (nSPS) is 24.9. The Morgan fingerprint density at radius 3 is 2.52 bits per heavy atom. The fraction of sp³-hybridized carbons (Fsp3) is 0.667. The topological polar surface area (TPSA) is 101 Å². The van der Waals surface area contributed by atoms with Gasteiger partial charge < -0.3 is 10.6 Å². The van der Waals surface area contributed by atoms with Crippen LogP contribution in [0.15, 0.2) is 12.1 Å². The van der Waals surface area contributed by atoms with E-state index in [1.54, 1.807) is 12.1 Å². The molecule has 7 nitrogen and oxygen atoms in total. The average Bonchev–Trinajstić information content (AvgIpc) is 3.31. The molecule has 0 aliphatic heterocycles. The lowest BCUT2D eigenvalue weighted by molar-refractivity contribution is 0.0945. The first-order chi connectivity index (χ1) is 10.9. The second-order valence-corrected chi connectivity index (χ2v) is 8.84. The van der Waals surface area contributed by atoms with Crippen molar-refractivity contribution in [2.75, 3.05) is 11.6 Å². The van der Waals surface area contributed by atoms with Gasteiger partial charge in [-0.05, 0) is 44.2 Å². The van der Waals surface area contributed by atoms with Crippen LogP contribution in [-0.2, 0) is 9.84 Å². The van der Waals surface area contributed by atoms with Crippen molar-refractivity contribution in [2.45, 2.75) is 55.9 Å². The maximum Gasteiger partial charge on any atom is 0.272 e. The number of carbonyl (C=O) groups is 1. The van der Waals surface area contributed by atoms with Gasteiger partial charge in [0.15, 0.2) is 5.69 Å². The Balaban J connectivity index is 1.58. The second kappa shape index (κ2) is 6.43. The lowest BCUT2D eigenvalue weighted by Gasteiger charge is -2.28. The molecule has 23 heavy (non-hydrogen) atoms. The van der Waals surface area contributed by atoms with Crippen LogP contribution < -0.4 is 10.6 Å². The van der Waals surface area contributed by atoms with E-state index in [-0.39, 0.29) is 23.2 Å². The van der Waals surface area contributed by atoms with E-state index in [0.29, 0.717) is 17.9 Å². The molecule has 2 saturated carbocycles. The van der Waals surface area contributed by atoms with Gasteiger partial charge in [0.1, 0.15) is 15.7 Å². The first kappa shape index (κ1) is 16.2. The van der Waals surface area contributed by atoms with Crippen molar-refractivity contribution in [2.24, 2.45) is 0 Å². The summed E-state index contributed by atoms with van der Waals surface area (Å²) in [6.45, 7) is 0. The molecule has 1 aromatic heterocycles. The SMILES string of the molecule is CS(=O)(=O)[C@@H]1CCC[C@@H](Nc2ccc(C(=O)NC3CC3)nn2)C1. The predicted molar refractivity (Wildman–Crippen MR) is 87.0 cm³/mol. The van der Waals surface area contributed by atoms with E-state index in [4.69, 9.17) is 0 Å². The van der Waals surface area contributed by atoms with Crippen LogP contribution in [0.3, 0.4) is 0 Å². The summed E-state index contributed by atoms with van der Waals surface area (Å²) in [4.78, 5) is 11.8. The van der Waals surface area contributed by atoms with Gasteiger partial charge in [0.05, 0.1) is 5.25 Å². The second-order valence-electron chi connectivity index (χ2n) is 6.51. The van der Waals surface area contributed by atoms with Crippen molar-refractivity contribution < 1.29 is 13.2 Å². The van der Waals surface area contributed by atoms with Crippen LogP contribution in [0.25, 0.3) is 0 Å². The Morgan fingerprint density at radius 1 is 1.13 bits per heavy atom. The molecule has 1 amide bonds. The van der Waals surface area contributed by atoms with Crippen LogP contribution in [0.1, 0.15) is 49.0 Å². The summed E-state index contributed by atoms with van der Waals surface area (Å²) in [5.74, 6) is 0.383. The molecule has 2 aliphatic rings. The molecule has 0 radical (unpaired) electrons. The van der Waals surface area contributed by atoms with Crippen LogP contribution >= 0.6 is 0 Å². The Labute approximate surface area is 136 Å². The van der Waals surface area contributed by atoms with E-state index in [9.17, 15) is 13.2 Å². The van der Waals surface area contributed by atoms with Gasteiger partial charge in [-0.3, -0.25) is 4.79 Å². The molecule has 0 unspecified atom stereocenters. The third-order valence-corrected chi connectivity index (χ3v) is 6.03. The van der Waals surface area contributed by atoms with Crippen molar-refractivity contribution in [3.05, 3.63) is 17.8 Å². The van der Waals surface area contributed by atoms with Gasteiger partial charge in [-0.25, -0.2) is 8.42 Å². The molecule has 126 valence electrons. The molecule has 0 bridgehead atoms. The minimum Gasteiger partial charge on any atom is -0.366 e. The summed E-state index contributed by atoms with van der Waals surface area (Å²) in [6, 6.07) is 3.73. The molecule has 0 aromatic carbocycles. The Hall–Kier alpha value is -1.70. The number of amides is 1. The van der Waals surface area contributed by atoms with Crippen molar-refractivity contribution in [1.29, 1.82) is 0 Å². The minimum absolute atomic E-state index is 0.0731.